The largest absolute Gasteiger partial charge is 0.464 e. The third kappa shape index (κ3) is 2.77. The maximum Gasteiger partial charge on any atom is 0.354 e. The minimum atomic E-state index is -0.569. The number of nitriles is 2. The number of hydrogen-bond donors (Lipinski definition) is 1. The number of nitrogens with one attached hydrogen (secondary N) is 1. The van der Waals surface area contributed by atoms with Crippen molar-refractivity contribution < 1.29 is 9.53 Å². The van der Waals surface area contributed by atoms with Gasteiger partial charge in [-0.15, -0.1) is 0 Å². The summed E-state index contributed by atoms with van der Waals surface area (Å²) in [5.74, 6) is -0.569. The maximum atomic E-state index is 11.5. The van der Waals surface area contributed by atoms with Gasteiger partial charge in [0, 0.05) is 12.0 Å². The second-order valence-corrected chi connectivity index (χ2v) is 3.63. The number of nitrogens with zero attached hydrogens (tertiary/aromatic N) is 2. The molecule has 0 aliphatic heterocycles. The number of hydrogen-bond acceptors (Lipinski definition) is 4. The molecule has 0 atom stereocenters. The third-order valence-corrected chi connectivity index (χ3v) is 2.62. The van der Waals surface area contributed by atoms with E-state index in [1.54, 1.807) is 0 Å². The van der Waals surface area contributed by atoms with E-state index in [9.17, 15) is 4.79 Å². The SMILES string of the molecule is COC(=O)c1[nH]c(Cl)c(CCC#N)c1CC#N. The monoisotopic (exact) mass is 251 g/mol. The van der Waals surface area contributed by atoms with Gasteiger partial charge in [-0.2, -0.15) is 10.5 Å². The Morgan fingerprint density at radius 2 is 2.12 bits per heavy atom. The average Bonchev–Trinajstić information content (AvgIpc) is 2.63. The topological polar surface area (TPSA) is 89.7 Å². The Labute approximate surface area is 104 Å². The van der Waals surface area contributed by atoms with Crippen molar-refractivity contribution >= 4 is 17.6 Å². The first-order valence-electron chi connectivity index (χ1n) is 4.87. The van der Waals surface area contributed by atoms with Gasteiger partial charge in [-0.25, -0.2) is 4.79 Å². The first-order chi connectivity index (χ1) is 8.15. The van der Waals surface area contributed by atoms with E-state index >= 15 is 0 Å². The molecule has 0 spiro atoms. The molecule has 0 fully saturated rings. The predicted octanol–water partition coefficient (Wildman–Crippen LogP) is 1.98. The van der Waals surface area contributed by atoms with Gasteiger partial charge < -0.3 is 9.72 Å². The number of H-pyrrole nitrogens is 1. The summed E-state index contributed by atoms with van der Waals surface area (Å²) in [7, 11) is 1.25. The van der Waals surface area contributed by atoms with Gasteiger partial charge in [0.1, 0.15) is 10.8 Å². The van der Waals surface area contributed by atoms with E-state index in [4.69, 9.17) is 22.1 Å². The molecule has 1 aromatic rings. The van der Waals surface area contributed by atoms with Gasteiger partial charge in [0.05, 0.1) is 25.7 Å². The van der Waals surface area contributed by atoms with Crippen LogP contribution in [0.2, 0.25) is 5.15 Å². The first kappa shape index (κ1) is 13.1. The molecular weight excluding hydrogens is 242 g/mol. The van der Waals surface area contributed by atoms with Crippen LogP contribution in [0.25, 0.3) is 0 Å². The number of rotatable bonds is 4. The molecule has 88 valence electrons. The van der Waals surface area contributed by atoms with Crippen molar-refractivity contribution in [3.63, 3.8) is 0 Å². The molecule has 1 aromatic heterocycles. The summed E-state index contributed by atoms with van der Waals surface area (Å²) in [4.78, 5) is 14.1. The molecule has 0 saturated carbocycles. The standard InChI is InChI=1S/C11H10ClN3O2/c1-17-11(16)9-7(4-6-14)8(3-2-5-13)10(12)15-9/h15H,2-4H2,1H3. The summed E-state index contributed by atoms with van der Waals surface area (Å²) < 4.78 is 4.59. The number of halogens is 1. The predicted molar refractivity (Wildman–Crippen MR) is 60.4 cm³/mol. The maximum absolute atomic E-state index is 11.5. The minimum absolute atomic E-state index is 0.0500. The molecule has 5 nitrogen and oxygen atoms in total. The Hall–Kier alpha value is -1.98. The molecule has 0 bridgehead atoms. The normalized spacial score (nSPS) is 9.41. The molecule has 0 unspecified atom stereocenters. The summed E-state index contributed by atoms with van der Waals surface area (Å²) in [6, 6.07) is 3.96. The van der Waals surface area contributed by atoms with Crippen LogP contribution in [0.1, 0.15) is 28.0 Å². The van der Waals surface area contributed by atoms with E-state index in [0.717, 1.165) is 0 Å². The highest BCUT2D eigenvalue weighted by Crippen LogP contribution is 2.25. The molecule has 1 N–H and O–H groups in total. The Kier molecular flexibility index (Phi) is 4.56. The second kappa shape index (κ2) is 5.93. The van der Waals surface area contributed by atoms with Crippen molar-refractivity contribution in [3.8, 4) is 12.1 Å². The number of carbonyl (C=O) groups is 1. The Morgan fingerprint density at radius 3 is 2.65 bits per heavy atom. The zero-order chi connectivity index (χ0) is 12.8. The van der Waals surface area contributed by atoms with Gasteiger partial charge >= 0.3 is 5.97 Å². The molecule has 1 heterocycles. The van der Waals surface area contributed by atoms with E-state index in [-0.39, 0.29) is 23.7 Å². The van der Waals surface area contributed by atoms with Crippen LogP contribution in [-0.4, -0.2) is 18.1 Å². The van der Waals surface area contributed by atoms with Crippen LogP contribution < -0.4 is 0 Å². The summed E-state index contributed by atoms with van der Waals surface area (Å²) in [6.07, 6.45) is 0.727. The van der Waals surface area contributed by atoms with Crippen molar-refractivity contribution in [3.05, 3.63) is 22.0 Å². The molecular formula is C11H10ClN3O2. The van der Waals surface area contributed by atoms with Gasteiger partial charge in [-0.05, 0) is 12.0 Å². The van der Waals surface area contributed by atoms with E-state index < -0.39 is 5.97 Å². The van der Waals surface area contributed by atoms with E-state index in [2.05, 4.69) is 9.72 Å². The highest BCUT2D eigenvalue weighted by molar-refractivity contribution is 6.30. The summed E-state index contributed by atoms with van der Waals surface area (Å²) in [5, 5.41) is 17.6. The van der Waals surface area contributed by atoms with Crippen molar-refractivity contribution in [2.45, 2.75) is 19.3 Å². The van der Waals surface area contributed by atoms with Gasteiger partial charge in [0.15, 0.2) is 0 Å². The average molecular weight is 252 g/mol. The van der Waals surface area contributed by atoms with E-state index in [1.165, 1.54) is 7.11 Å². The van der Waals surface area contributed by atoms with Crippen LogP contribution in [0, 0.1) is 22.7 Å². The number of aromatic nitrogens is 1. The lowest BCUT2D eigenvalue weighted by Crippen LogP contribution is -2.05. The van der Waals surface area contributed by atoms with Gasteiger partial charge in [-0.1, -0.05) is 11.6 Å². The Bertz CT molecular complexity index is 508. The van der Waals surface area contributed by atoms with Gasteiger partial charge in [0.25, 0.3) is 0 Å². The van der Waals surface area contributed by atoms with E-state index in [0.29, 0.717) is 17.5 Å². The van der Waals surface area contributed by atoms with Crippen LogP contribution in [0.3, 0.4) is 0 Å². The molecule has 1 rings (SSSR count). The zero-order valence-electron chi connectivity index (χ0n) is 9.21. The van der Waals surface area contributed by atoms with Crippen LogP contribution in [0.5, 0.6) is 0 Å². The molecule has 0 radical (unpaired) electrons. The van der Waals surface area contributed by atoms with Crippen LogP contribution in [-0.2, 0) is 17.6 Å². The van der Waals surface area contributed by atoms with Gasteiger partial charge in [0.2, 0.25) is 0 Å². The van der Waals surface area contributed by atoms with Crippen LogP contribution in [0.4, 0.5) is 0 Å². The molecule has 0 aromatic carbocycles. The highest BCUT2D eigenvalue weighted by Gasteiger charge is 2.21. The molecule has 0 aliphatic carbocycles. The minimum Gasteiger partial charge on any atom is -0.464 e. The lowest BCUT2D eigenvalue weighted by Gasteiger charge is -2.00. The van der Waals surface area contributed by atoms with Gasteiger partial charge in [-0.3, -0.25) is 0 Å². The molecule has 17 heavy (non-hydrogen) atoms. The molecule has 0 saturated heterocycles. The summed E-state index contributed by atoms with van der Waals surface area (Å²) in [5.41, 5.74) is 1.33. The number of aromatic amines is 1. The third-order valence-electron chi connectivity index (χ3n) is 2.30. The fourth-order valence-electron chi connectivity index (χ4n) is 1.54. The number of ether oxygens (including phenoxy) is 1. The highest BCUT2D eigenvalue weighted by atomic mass is 35.5. The zero-order valence-corrected chi connectivity index (χ0v) is 9.97. The molecule has 6 heteroatoms. The summed E-state index contributed by atoms with van der Waals surface area (Å²) >= 11 is 5.94. The molecule has 0 amide bonds. The van der Waals surface area contributed by atoms with E-state index in [1.807, 2.05) is 12.1 Å². The smallest absolute Gasteiger partial charge is 0.354 e. The van der Waals surface area contributed by atoms with Crippen molar-refractivity contribution in [2.75, 3.05) is 7.11 Å². The van der Waals surface area contributed by atoms with Crippen LogP contribution >= 0.6 is 11.6 Å². The lowest BCUT2D eigenvalue weighted by atomic mass is 10.0. The van der Waals surface area contributed by atoms with Crippen molar-refractivity contribution in [1.82, 2.24) is 4.98 Å². The Morgan fingerprint density at radius 1 is 1.41 bits per heavy atom. The molecule has 0 aliphatic rings. The number of carbonyl (C=O) groups excluding carboxylic acids is 1. The fraction of sp³-hybridized carbons (Fsp3) is 0.364. The quantitative estimate of drug-likeness (QED) is 0.829. The van der Waals surface area contributed by atoms with Crippen LogP contribution in [0.15, 0.2) is 0 Å². The summed E-state index contributed by atoms with van der Waals surface area (Å²) in [6.45, 7) is 0. The number of esters is 1. The number of methoxy groups -OCH3 is 1. The fourth-order valence-corrected chi connectivity index (χ4v) is 1.84. The second-order valence-electron chi connectivity index (χ2n) is 3.26. The first-order valence-corrected chi connectivity index (χ1v) is 5.24. The lowest BCUT2D eigenvalue weighted by molar-refractivity contribution is 0.0593. The Balaban J connectivity index is 3.20. The van der Waals surface area contributed by atoms with Crippen molar-refractivity contribution in [1.29, 1.82) is 10.5 Å². The van der Waals surface area contributed by atoms with Crippen molar-refractivity contribution in [2.24, 2.45) is 0 Å².